The molecule has 0 aliphatic heterocycles. The number of nitrogens with one attached hydrogen (secondary N) is 1. The van der Waals surface area contributed by atoms with Crippen LogP contribution in [0.3, 0.4) is 0 Å². The summed E-state index contributed by atoms with van der Waals surface area (Å²) in [5, 5.41) is 4.18. The van der Waals surface area contributed by atoms with Gasteiger partial charge in [-0.1, -0.05) is 41.4 Å². The van der Waals surface area contributed by atoms with E-state index in [9.17, 15) is 4.79 Å². The molecule has 1 atom stereocenters. The van der Waals surface area contributed by atoms with Gasteiger partial charge in [-0.05, 0) is 35.9 Å². The Morgan fingerprint density at radius 2 is 1.68 bits per heavy atom. The highest BCUT2D eigenvalue weighted by molar-refractivity contribution is 6.31. The molecule has 2 aromatic carbocycles. The molecule has 0 bridgehead atoms. The molecule has 2 rings (SSSR count). The Morgan fingerprint density at radius 1 is 1.05 bits per heavy atom. The quantitative estimate of drug-likeness (QED) is 0.905. The van der Waals surface area contributed by atoms with Crippen molar-refractivity contribution in [2.24, 2.45) is 5.73 Å². The predicted molar refractivity (Wildman–Crippen MR) is 78.5 cm³/mol. The highest BCUT2D eigenvalue weighted by Gasteiger charge is 2.17. The minimum absolute atomic E-state index is 0.484. The van der Waals surface area contributed by atoms with E-state index in [1.54, 1.807) is 42.5 Å². The van der Waals surface area contributed by atoms with Gasteiger partial charge in [0.15, 0.2) is 0 Å². The van der Waals surface area contributed by atoms with Gasteiger partial charge >= 0.3 is 0 Å². The van der Waals surface area contributed by atoms with Gasteiger partial charge in [-0.2, -0.15) is 0 Å². The van der Waals surface area contributed by atoms with E-state index in [0.717, 1.165) is 5.69 Å². The van der Waals surface area contributed by atoms with Crippen LogP contribution in [-0.4, -0.2) is 5.91 Å². The molecule has 0 saturated carbocycles. The molecule has 3 N–H and O–H groups in total. The van der Waals surface area contributed by atoms with Gasteiger partial charge in [-0.3, -0.25) is 4.79 Å². The number of halogens is 2. The van der Waals surface area contributed by atoms with Gasteiger partial charge in [0.05, 0.1) is 0 Å². The van der Waals surface area contributed by atoms with Crippen LogP contribution in [-0.2, 0) is 4.79 Å². The summed E-state index contributed by atoms with van der Waals surface area (Å²) in [6.45, 7) is 0. The molecule has 19 heavy (non-hydrogen) atoms. The maximum atomic E-state index is 11.6. The maximum absolute atomic E-state index is 11.6. The van der Waals surface area contributed by atoms with E-state index in [4.69, 9.17) is 28.9 Å². The molecular formula is C14H12Cl2N2O. The fraction of sp³-hybridized carbons (Fsp3) is 0.0714. The van der Waals surface area contributed by atoms with Crippen molar-refractivity contribution in [3.8, 4) is 0 Å². The standard InChI is InChI=1S/C14H12Cl2N2O/c15-10-4-1-3-9(7-10)13(14(17)19)18-12-6-2-5-11(16)8-12/h1-8,13,18H,(H2,17,19). The van der Waals surface area contributed by atoms with E-state index < -0.39 is 11.9 Å². The molecular weight excluding hydrogens is 283 g/mol. The number of primary amides is 1. The van der Waals surface area contributed by atoms with E-state index in [0.29, 0.717) is 15.6 Å². The Morgan fingerprint density at radius 3 is 2.26 bits per heavy atom. The molecule has 3 nitrogen and oxygen atoms in total. The number of hydrogen-bond acceptors (Lipinski definition) is 2. The van der Waals surface area contributed by atoms with E-state index in [1.165, 1.54) is 0 Å². The molecule has 1 unspecified atom stereocenters. The second-order valence-corrected chi connectivity index (χ2v) is 4.92. The molecule has 0 radical (unpaired) electrons. The summed E-state index contributed by atoms with van der Waals surface area (Å²) in [5.41, 5.74) is 6.85. The van der Waals surface area contributed by atoms with Gasteiger partial charge in [0.1, 0.15) is 6.04 Å². The average molecular weight is 295 g/mol. The summed E-state index contributed by atoms with van der Waals surface area (Å²) in [4.78, 5) is 11.6. The number of benzene rings is 2. The number of rotatable bonds is 4. The van der Waals surface area contributed by atoms with Crippen LogP contribution >= 0.6 is 23.2 Å². The first-order chi connectivity index (χ1) is 9.06. The normalized spacial score (nSPS) is 11.9. The Bertz CT molecular complexity index is 602. The van der Waals surface area contributed by atoms with Crippen LogP contribution in [0.2, 0.25) is 10.0 Å². The van der Waals surface area contributed by atoms with Gasteiger partial charge in [-0.25, -0.2) is 0 Å². The molecule has 98 valence electrons. The first-order valence-electron chi connectivity index (χ1n) is 5.63. The molecule has 1 amide bonds. The van der Waals surface area contributed by atoms with E-state index in [2.05, 4.69) is 5.32 Å². The van der Waals surface area contributed by atoms with Crippen molar-refractivity contribution in [3.05, 3.63) is 64.1 Å². The molecule has 0 aromatic heterocycles. The lowest BCUT2D eigenvalue weighted by molar-refractivity contribution is -0.118. The highest BCUT2D eigenvalue weighted by Crippen LogP contribution is 2.23. The van der Waals surface area contributed by atoms with Gasteiger partial charge in [0.2, 0.25) is 5.91 Å². The van der Waals surface area contributed by atoms with Crippen molar-refractivity contribution < 1.29 is 4.79 Å². The van der Waals surface area contributed by atoms with Crippen LogP contribution in [0.15, 0.2) is 48.5 Å². The zero-order chi connectivity index (χ0) is 13.8. The van der Waals surface area contributed by atoms with Crippen LogP contribution in [0.4, 0.5) is 5.69 Å². The Balaban J connectivity index is 2.29. The van der Waals surface area contributed by atoms with Crippen molar-refractivity contribution in [2.75, 3.05) is 5.32 Å². The summed E-state index contributed by atoms with van der Waals surface area (Å²) in [5.74, 6) is -0.484. The third kappa shape index (κ3) is 3.63. The van der Waals surface area contributed by atoms with Crippen LogP contribution in [0.1, 0.15) is 11.6 Å². The fourth-order valence-corrected chi connectivity index (χ4v) is 2.14. The van der Waals surface area contributed by atoms with E-state index in [-0.39, 0.29) is 0 Å². The number of anilines is 1. The SMILES string of the molecule is NC(=O)C(Nc1cccc(Cl)c1)c1cccc(Cl)c1. The maximum Gasteiger partial charge on any atom is 0.244 e. The monoisotopic (exact) mass is 294 g/mol. The van der Waals surface area contributed by atoms with Crippen LogP contribution in [0.5, 0.6) is 0 Å². The minimum Gasteiger partial charge on any atom is -0.370 e. The van der Waals surface area contributed by atoms with Gasteiger partial charge < -0.3 is 11.1 Å². The first-order valence-corrected chi connectivity index (χ1v) is 6.39. The molecule has 0 saturated heterocycles. The summed E-state index contributed by atoms with van der Waals surface area (Å²) >= 11 is 11.8. The Kier molecular flexibility index (Phi) is 4.30. The van der Waals surface area contributed by atoms with Crippen LogP contribution in [0.25, 0.3) is 0 Å². The minimum atomic E-state index is -0.655. The van der Waals surface area contributed by atoms with Crippen molar-refractivity contribution in [2.45, 2.75) is 6.04 Å². The average Bonchev–Trinajstić information content (AvgIpc) is 2.35. The van der Waals surface area contributed by atoms with Gasteiger partial charge in [0.25, 0.3) is 0 Å². The number of carbonyl (C=O) groups excluding carboxylic acids is 1. The molecule has 5 heteroatoms. The molecule has 0 heterocycles. The topological polar surface area (TPSA) is 55.1 Å². The van der Waals surface area contributed by atoms with Crippen LogP contribution in [0, 0.1) is 0 Å². The van der Waals surface area contributed by atoms with E-state index >= 15 is 0 Å². The molecule has 0 fully saturated rings. The number of amides is 1. The molecule has 0 aliphatic rings. The van der Waals surface area contributed by atoms with Crippen molar-refractivity contribution >= 4 is 34.8 Å². The van der Waals surface area contributed by atoms with Crippen LogP contribution < -0.4 is 11.1 Å². The van der Waals surface area contributed by atoms with Gasteiger partial charge in [0, 0.05) is 15.7 Å². The first kappa shape index (κ1) is 13.7. The number of nitrogens with two attached hydrogens (primary N) is 1. The smallest absolute Gasteiger partial charge is 0.244 e. The zero-order valence-corrected chi connectivity index (χ0v) is 11.4. The van der Waals surface area contributed by atoms with Gasteiger partial charge in [-0.15, -0.1) is 0 Å². The third-order valence-electron chi connectivity index (χ3n) is 2.60. The number of carbonyl (C=O) groups is 1. The molecule has 0 aliphatic carbocycles. The van der Waals surface area contributed by atoms with Crippen molar-refractivity contribution in [1.29, 1.82) is 0 Å². The van der Waals surface area contributed by atoms with Crippen molar-refractivity contribution in [3.63, 3.8) is 0 Å². The lowest BCUT2D eigenvalue weighted by Crippen LogP contribution is -2.27. The summed E-state index contributed by atoms with van der Waals surface area (Å²) in [7, 11) is 0. The lowest BCUT2D eigenvalue weighted by atomic mass is 10.1. The molecule has 2 aromatic rings. The second kappa shape index (κ2) is 5.95. The largest absolute Gasteiger partial charge is 0.370 e. The lowest BCUT2D eigenvalue weighted by Gasteiger charge is -2.17. The summed E-state index contributed by atoms with van der Waals surface area (Å²) < 4.78 is 0. The Labute approximate surface area is 121 Å². The summed E-state index contributed by atoms with van der Waals surface area (Å²) in [6, 6.07) is 13.4. The molecule has 0 spiro atoms. The Hall–Kier alpha value is -1.71. The number of hydrogen-bond donors (Lipinski definition) is 2. The summed E-state index contributed by atoms with van der Waals surface area (Å²) in [6.07, 6.45) is 0. The second-order valence-electron chi connectivity index (χ2n) is 4.05. The van der Waals surface area contributed by atoms with E-state index in [1.807, 2.05) is 6.07 Å². The highest BCUT2D eigenvalue weighted by atomic mass is 35.5. The van der Waals surface area contributed by atoms with Crippen molar-refractivity contribution in [1.82, 2.24) is 0 Å². The fourth-order valence-electron chi connectivity index (χ4n) is 1.75. The predicted octanol–water partition coefficient (Wildman–Crippen LogP) is 3.63. The third-order valence-corrected chi connectivity index (χ3v) is 3.07. The zero-order valence-electron chi connectivity index (χ0n) is 9.94.